The lowest BCUT2D eigenvalue weighted by Gasteiger charge is -2.15. The Labute approximate surface area is 141 Å². The van der Waals surface area contributed by atoms with E-state index in [1.807, 2.05) is 0 Å². The second kappa shape index (κ2) is 7.66. The summed E-state index contributed by atoms with van der Waals surface area (Å²) in [4.78, 5) is 31.0. The van der Waals surface area contributed by atoms with Gasteiger partial charge in [-0.15, -0.1) is 0 Å². The number of aromatic nitrogens is 3. The second-order valence-corrected chi connectivity index (χ2v) is 5.59. The van der Waals surface area contributed by atoms with Crippen molar-refractivity contribution in [3.05, 3.63) is 23.7 Å². The summed E-state index contributed by atoms with van der Waals surface area (Å²) in [5.41, 5.74) is 11.0. The van der Waals surface area contributed by atoms with Gasteiger partial charge in [0.2, 0.25) is 5.91 Å². The molecule has 0 saturated carbocycles. The van der Waals surface area contributed by atoms with Crippen molar-refractivity contribution < 1.29 is 14.7 Å². The molecular formula is C13H17N7O3S. The van der Waals surface area contributed by atoms with Gasteiger partial charge in [0.15, 0.2) is 11.5 Å². The number of amides is 2. The Balaban J connectivity index is 2.30. The van der Waals surface area contributed by atoms with Crippen molar-refractivity contribution in [1.82, 2.24) is 14.3 Å². The van der Waals surface area contributed by atoms with E-state index in [0.29, 0.717) is 17.1 Å². The molecule has 0 aliphatic heterocycles. The molecule has 0 radical (unpaired) electrons. The van der Waals surface area contributed by atoms with E-state index in [1.165, 1.54) is 6.20 Å². The average Bonchev–Trinajstić information content (AvgIpc) is 2.99. The van der Waals surface area contributed by atoms with E-state index in [2.05, 4.69) is 25.0 Å². The maximum atomic E-state index is 11.5. The number of aliphatic hydroxyl groups excluding tert-OH is 1. The third-order valence-electron chi connectivity index (χ3n) is 3.04. The highest BCUT2D eigenvalue weighted by Crippen LogP contribution is 2.23. The van der Waals surface area contributed by atoms with Crippen LogP contribution in [0, 0.1) is 0 Å². The summed E-state index contributed by atoms with van der Waals surface area (Å²) >= 11 is 1.08. The maximum absolute atomic E-state index is 11.5. The van der Waals surface area contributed by atoms with Crippen LogP contribution >= 0.6 is 11.5 Å². The first kappa shape index (κ1) is 17.6. The molecule has 2 aromatic rings. The Morgan fingerprint density at radius 1 is 1.42 bits per heavy atom. The molecule has 0 bridgehead atoms. The molecular weight excluding hydrogens is 334 g/mol. The SMILES string of the molecule is CC[C@@H](Nc1cnc(C(N)=O)c(Nc2cc(CO)ns2)n1)C(N)=O. The van der Waals surface area contributed by atoms with Crippen molar-refractivity contribution in [2.24, 2.45) is 11.5 Å². The number of rotatable bonds is 8. The van der Waals surface area contributed by atoms with Gasteiger partial charge in [0.1, 0.15) is 16.9 Å². The van der Waals surface area contributed by atoms with E-state index in [0.717, 1.165) is 11.5 Å². The number of carbonyl (C=O) groups excluding carboxylic acids is 2. The second-order valence-electron chi connectivity index (χ2n) is 4.79. The van der Waals surface area contributed by atoms with E-state index in [9.17, 15) is 9.59 Å². The molecule has 24 heavy (non-hydrogen) atoms. The number of hydrogen-bond donors (Lipinski definition) is 5. The van der Waals surface area contributed by atoms with Crippen LogP contribution < -0.4 is 22.1 Å². The van der Waals surface area contributed by atoms with Gasteiger partial charge in [0, 0.05) is 0 Å². The number of nitrogens with one attached hydrogen (secondary N) is 2. The normalized spacial score (nSPS) is 11.8. The first-order valence-electron chi connectivity index (χ1n) is 7.00. The Bertz CT molecular complexity index is 749. The van der Waals surface area contributed by atoms with Gasteiger partial charge in [-0.05, 0) is 24.0 Å². The molecule has 11 heteroatoms. The third kappa shape index (κ3) is 4.14. The number of anilines is 3. The minimum atomic E-state index is -0.759. The van der Waals surface area contributed by atoms with Crippen molar-refractivity contribution in [3.8, 4) is 0 Å². The first-order chi connectivity index (χ1) is 11.4. The van der Waals surface area contributed by atoms with Crippen LogP contribution in [0.1, 0.15) is 29.5 Å². The third-order valence-corrected chi connectivity index (χ3v) is 3.78. The molecule has 0 unspecified atom stereocenters. The lowest BCUT2D eigenvalue weighted by atomic mass is 10.2. The van der Waals surface area contributed by atoms with Crippen molar-refractivity contribution in [1.29, 1.82) is 0 Å². The summed E-state index contributed by atoms with van der Waals surface area (Å²) < 4.78 is 4.00. The molecule has 0 saturated heterocycles. The highest BCUT2D eigenvalue weighted by Gasteiger charge is 2.17. The van der Waals surface area contributed by atoms with E-state index < -0.39 is 17.9 Å². The summed E-state index contributed by atoms with van der Waals surface area (Å²) in [5, 5.41) is 15.3. The minimum absolute atomic E-state index is 0.0633. The van der Waals surface area contributed by atoms with Crippen LogP contribution in [0.5, 0.6) is 0 Å². The van der Waals surface area contributed by atoms with E-state index in [-0.39, 0.29) is 23.9 Å². The van der Waals surface area contributed by atoms with Gasteiger partial charge >= 0.3 is 0 Å². The van der Waals surface area contributed by atoms with Crippen LogP contribution in [0.25, 0.3) is 0 Å². The van der Waals surface area contributed by atoms with Crippen LogP contribution in [-0.4, -0.2) is 37.3 Å². The fourth-order valence-electron chi connectivity index (χ4n) is 1.84. The van der Waals surface area contributed by atoms with Gasteiger partial charge in [0.25, 0.3) is 5.91 Å². The summed E-state index contributed by atoms with van der Waals surface area (Å²) in [6.07, 6.45) is 1.76. The maximum Gasteiger partial charge on any atom is 0.271 e. The van der Waals surface area contributed by atoms with Gasteiger partial charge < -0.3 is 27.2 Å². The fraction of sp³-hybridized carbons (Fsp3) is 0.308. The topological polar surface area (TPSA) is 169 Å². The molecule has 0 fully saturated rings. The van der Waals surface area contributed by atoms with Crippen LogP contribution in [0.2, 0.25) is 0 Å². The van der Waals surface area contributed by atoms with Gasteiger partial charge in [-0.2, -0.15) is 4.37 Å². The highest BCUT2D eigenvalue weighted by molar-refractivity contribution is 7.10. The van der Waals surface area contributed by atoms with Crippen LogP contribution in [0.3, 0.4) is 0 Å². The first-order valence-corrected chi connectivity index (χ1v) is 7.78. The van der Waals surface area contributed by atoms with E-state index in [1.54, 1.807) is 13.0 Å². The number of nitrogens with zero attached hydrogens (tertiary/aromatic N) is 3. The van der Waals surface area contributed by atoms with Crippen LogP contribution in [0.4, 0.5) is 16.6 Å². The molecule has 2 aromatic heterocycles. The predicted molar refractivity (Wildman–Crippen MR) is 88.8 cm³/mol. The number of hydrogen-bond acceptors (Lipinski definition) is 9. The summed E-state index contributed by atoms with van der Waals surface area (Å²) in [7, 11) is 0. The molecule has 2 heterocycles. The Morgan fingerprint density at radius 3 is 2.71 bits per heavy atom. The quantitative estimate of drug-likeness (QED) is 0.440. The Hall–Kier alpha value is -2.79. The van der Waals surface area contributed by atoms with Crippen LogP contribution in [-0.2, 0) is 11.4 Å². The molecule has 1 atom stereocenters. The number of aliphatic hydroxyl groups is 1. The van der Waals surface area contributed by atoms with Gasteiger partial charge in [0.05, 0.1) is 18.5 Å². The lowest BCUT2D eigenvalue weighted by molar-refractivity contribution is -0.118. The monoisotopic (exact) mass is 351 g/mol. The number of carbonyl (C=O) groups is 2. The zero-order valence-corrected chi connectivity index (χ0v) is 13.6. The van der Waals surface area contributed by atoms with Gasteiger partial charge in [-0.3, -0.25) is 9.59 Å². The molecule has 2 amide bonds. The summed E-state index contributed by atoms with van der Waals surface area (Å²) in [5.74, 6) is -0.909. The predicted octanol–water partition coefficient (Wildman–Crippen LogP) is -0.0563. The molecule has 0 aliphatic rings. The average molecular weight is 351 g/mol. The lowest BCUT2D eigenvalue weighted by Crippen LogP contribution is -2.35. The fourth-order valence-corrected chi connectivity index (χ4v) is 2.50. The van der Waals surface area contributed by atoms with Crippen LogP contribution in [0.15, 0.2) is 12.3 Å². The molecule has 128 valence electrons. The molecule has 0 aliphatic carbocycles. The summed E-state index contributed by atoms with van der Waals surface area (Å²) in [6.45, 7) is 1.59. The van der Waals surface area contributed by atoms with Crippen molar-refractivity contribution >= 4 is 40.0 Å². The molecule has 0 spiro atoms. The molecule has 7 N–H and O–H groups in total. The molecule has 2 rings (SSSR count). The van der Waals surface area contributed by atoms with E-state index >= 15 is 0 Å². The Morgan fingerprint density at radius 2 is 2.17 bits per heavy atom. The van der Waals surface area contributed by atoms with Gasteiger partial charge in [-0.25, -0.2) is 9.97 Å². The zero-order valence-electron chi connectivity index (χ0n) is 12.8. The summed E-state index contributed by atoms with van der Waals surface area (Å²) in [6, 6.07) is 0.992. The number of primary amides is 2. The van der Waals surface area contributed by atoms with Crippen molar-refractivity contribution in [2.75, 3.05) is 10.6 Å². The smallest absolute Gasteiger partial charge is 0.271 e. The van der Waals surface area contributed by atoms with Crippen molar-refractivity contribution in [2.45, 2.75) is 26.0 Å². The highest BCUT2D eigenvalue weighted by atomic mass is 32.1. The minimum Gasteiger partial charge on any atom is -0.390 e. The van der Waals surface area contributed by atoms with E-state index in [4.69, 9.17) is 16.6 Å². The zero-order chi connectivity index (χ0) is 17.7. The Kier molecular flexibility index (Phi) is 5.60. The standard InChI is InChI=1S/C13H17N7O3S/c1-2-7(11(14)22)17-8-4-16-10(12(15)23)13(18-8)19-9-3-6(5-21)20-24-9/h3-4,7,21H,2,5H2,1H3,(H2,14,22)(H2,15,23)(H2,17,18,19)/t7-/m1/s1. The molecule has 0 aromatic carbocycles. The number of nitrogens with two attached hydrogens (primary N) is 2. The van der Waals surface area contributed by atoms with Gasteiger partial charge in [-0.1, -0.05) is 6.92 Å². The largest absolute Gasteiger partial charge is 0.390 e. The van der Waals surface area contributed by atoms with Crippen molar-refractivity contribution in [3.63, 3.8) is 0 Å². The molecule has 10 nitrogen and oxygen atoms in total.